The van der Waals surface area contributed by atoms with Crippen LogP contribution in [-0.2, 0) is 13.3 Å². The largest absolute Gasteiger partial charge is 0.506 e. The summed E-state index contributed by atoms with van der Waals surface area (Å²) in [5, 5.41) is 3.20. The van der Waals surface area contributed by atoms with E-state index < -0.39 is 8.80 Å². The summed E-state index contributed by atoms with van der Waals surface area (Å²) in [4.78, 5) is 0. The highest BCUT2D eigenvalue weighted by atomic mass is 35.5. The zero-order chi connectivity index (χ0) is 24.1. The van der Waals surface area contributed by atoms with Crippen LogP contribution in [0, 0.1) is 0 Å². The molecule has 0 aromatic carbocycles. The predicted octanol–water partition coefficient (Wildman–Crippen LogP) is 8.45. The van der Waals surface area contributed by atoms with Crippen molar-refractivity contribution in [3.8, 4) is 0 Å². The van der Waals surface area contributed by atoms with E-state index in [4.69, 9.17) is 24.9 Å². The lowest BCUT2D eigenvalue weighted by Crippen LogP contribution is -2.53. The fourth-order valence-corrected chi connectivity index (χ4v) is 7.89. The third kappa shape index (κ3) is 14.6. The van der Waals surface area contributed by atoms with Crippen molar-refractivity contribution in [1.82, 2.24) is 5.32 Å². The van der Waals surface area contributed by atoms with E-state index in [2.05, 4.69) is 26.1 Å². The van der Waals surface area contributed by atoms with Crippen LogP contribution in [0.15, 0.2) is 0 Å². The predicted molar refractivity (Wildman–Crippen MR) is 143 cm³/mol. The van der Waals surface area contributed by atoms with Gasteiger partial charge in [-0.25, -0.2) is 0 Å². The molecule has 32 heavy (non-hydrogen) atoms. The van der Waals surface area contributed by atoms with Crippen molar-refractivity contribution in [2.45, 2.75) is 140 Å². The Morgan fingerprint density at radius 1 is 0.656 bits per heavy atom. The van der Waals surface area contributed by atoms with Crippen LogP contribution in [0.2, 0.25) is 5.04 Å². The lowest BCUT2D eigenvalue weighted by molar-refractivity contribution is 0.0924. The molecule has 0 amide bonds. The Hall–Kier alpha value is 0.347. The lowest BCUT2D eigenvalue weighted by atomic mass is 10.0. The Balaban J connectivity index is 3.55. The molecule has 1 unspecified atom stereocenters. The van der Waals surface area contributed by atoms with E-state index >= 15 is 0 Å². The standard InChI is InChI=1S/C26H56ClNO3Si/c1-7-8-9-10-11-12-13-14-15-16-17-18-19-20-21-22-23-28-25(27)24-26(2,3)32(29-4,30-5)31-6/h25,28H,7-24H2,1-6H3. The molecule has 0 spiro atoms. The van der Waals surface area contributed by atoms with E-state index in [9.17, 15) is 0 Å². The van der Waals surface area contributed by atoms with Crippen LogP contribution < -0.4 is 5.32 Å². The molecule has 0 saturated heterocycles. The molecule has 0 radical (unpaired) electrons. The van der Waals surface area contributed by atoms with Crippen molar-refractivity contribution in [3.05, 3.63) is 0 Å². The van der Waals surface area contributed by atoms with Crippen molar-refractivity contribution < 1.29 is 13.3 Å². The van der Waals surface area contributed by atoms with Gasteiger partial charge in [0.15, 0.2) is 0 Å². The number of rotatable bonds is 24. The van der Waals surface area contributed by atoms with Crippen LogP contribution in [-0.4, -0.2) is 42.2 Å². The van der Waals surface area contributed by atoms with Crippen molar-refractivity contribution in [3.63, 3.8) is 0 Å². The van der Waals surface area contributed by atoms with E-state index in [1.807, 2.05) is 0 Å². The number of unbranched alkanes of at least 4 members (excludes halogenated alkanes) is 15. The number of halogens is 1. The van der Waals surface area contributed by atoms with Crippen molar-refractivity contribution in [1.29, 1.82) is 0 Å². The minimum Gasteiger partial charge on any atom is -0.377 e. The molecule has 6 heteroatoms. The van der Waals surface area contributed by atoms with Gasteiger partial charge < -0.3 is 18.6 Å². The Morgan fingerprint density at radius 2 is 1.00 bits per heavy atom. The Labute approximate surface area is 207 Å². The maximum Gasteiger partial charge on any atom is 0.506 e. The molecule has 194 valence electrons. The second-order valence-corrected chi connectivity index (χ2v) is 14.2. The zero-order valence-electron chi connectivity index (χ0n) is 22.4. The summed E-state index contributed by atoms with van der Waals surface area (Å²) in [6.07, 6.45) is 23.1. The van der Waals surface area contributed by atoms with E-state index in [1.54, 1.807) is 21.3 Å². The zero-order valence-corrected chi connectivity index (χ0v) is 24.2. The quantitative estimate of drug-likeness (QED) is 0.0633. The van der Waals surface area contributed by atoms with Gasteiger partial charge in [-0.15, -0.1) is 11.6 Å². The summed E-state index contributed by atoms with van der Waals surface area (Å²) in [6, 6.07) is 0. The van der Waals surface area contributed by atoms with Gasteiger partial charge in [0.25, 0.3) is 0 Å². The molecule has 0 aromatic heterocycles. The highest BCUT2D eigenvalue weighted by Crippen LogP contribution is 2.43. The minimum atomic E-state index is -2.72. The Kier molecular flexibility index (Phi) is 20.9. The first-order valence-electron chi connectivity index (χ1n) is 13.4. The number of hydrogen-bond donors (Lipinski definition) is 1. The summed E-state index contributed by atoms with van der Waals surface area (Å²) >= 11 is 6.56. The summed E-state index contributed by atoms with van der Waals surface area (Å²) in [5.74, 6) is 0. The monoisotopic (exact) mass is 493 g/mol. The van der Waals surface area contributed by atoms with Crippen LogP contribution in [0.4, 0.5) is 0 Å². The Morgan fingerprint density at radius 3 is 1.34 bits per heavy atom. The maximum atomic E-state index is 6.56. The molecule has 0 heterocycles. The van der Waals surface area contributed by atoms with Crippen molar-refractivity contribution in [2.24, 2.45) is 0 Å². The van der Waals surface area contributed by atoms with Crippen molar-refractivity contribution in [2.75, 3.05) is 27.9 Å². The molecular formula is C26H56ClNO3Si. The smallest absolute Gasteiger partial charge is 0.377 e. The number of nitrogens with one attached hydrogen (secondary N) is 1. The molecule has 0 aliphatic rings. The molecule has 0 aliphatic heterocycles. The maximum absolute atomic E-state index is 6.56. The molecule has 0 rings (SSSR count). The summed E-state index contributed by atoms with van der Waals surface area (Å²) in [7, 11) is 2.26. The molecule has 0 aromatic rings. The first-order valence-corrected chi connectivity index (χ1v) is 15.6. The van der Waals surface area contributed by atoms with Gasteiger partial charge in [-0.2, -0.15) is 0 Å². The van der Waals surface area contributed by atoms with Crippen LogP contribution >= 0.6 is 11.6 Å². The van der Waals surface area contributed by atoms with Crippen LogP contribution in [0.3, 0.4) is 0 Å². The average Bonchev–Trinajstić information content (AvgIpc) is 2.77. The van der Waals surface area contributed by atoms with Gasteiger partial charge in [-0.3, -0.25) is 0 Å². The van der Waals surface area contributed by atoms with Gasteiger partial charge in [0.05, 0.1) is 5.50 Å². The average molecular weight is 494 g/mol. The molecule has 0 aliphatic carbocycles. The summed E-state index contributed by atoms with van der Waals surface area (Å²) in [6.45, 7) is 7.48. The highest BCUT2D eigenvalue weighted by Gasteiger charge is 2.54. The molecule has 4 nitrogen and oxygen atoms in total. The fraction of sp³-hybridized carbons (Fsp3) is 1.00. The van der Waals surface area contributed by atoms with Gasteiger partial charge in [-0.05, 0) is 19.4 Å². The van der Waals surface area contributed by atoms with Crippen LogP contribution in [0.25, 0.3) is 0 Å². The minimum absolute atomic E-state index is 0.103. The number of hydrogen-bond acceptors (Lipinski definition) is 4. The van der Waals surface area contributed by atoms with E-state index in [0.717, 1.165) is 13.0 Å². The van der Waals surface area contributed by atoms with Gasteiger partial charge >= 0.3 is 8.80 Å². The van der Waals surface area contributed by atoms with Crippen molar-refractivity contribution >= 4 is 20.4 Å². The van der Waals surface area contributed by atoms with Gasteiger partial charge in [0.1, 0.15) is 0 Å². The molecule has 0 bridgehead atoms. The van der Waals surface area contributed by atoms with E-state index in [-0.39, 0.29) is 10.5 Å². The second kappa shape index (κ2) is 20.7. The van der Waals surface area contributed by atoms with E-state index in [0.29, 0.717) is 0 Å². The summed E-state index contributed by atoms with van der Waals surface area (Å²) < 4.78 is 16.9. The van der Waals surface area contributed by atoms with Crippen LogP contribution in [0.1, 0.15) is 130 Å². The molecule has 0 saturated carbocycles. The lowest BCUT2D eigenvalue weighted by Gasteiger charge is -2.39. The Bertz CT molecular complexity index is 400. The number of alkyl halides is 1. The third-order valence-corrected chi connectivity index (χ3v) is 10.5. The van der Waals surface area contributed by atoms with Gasteiger partial charge in [-0.1, -0.05) is 117 Å². The van der Waals surface area contributed by atoms with Gasteiger partial charge in [0, 0.05) is 26.4 Å². The third-order valence-electron chi connectivity index (χ3n) is 6.72. The second-order valence-electron chi connectivity index (χ2n) is 9.98. The van der Waals surface area contributed by atoms with Gasteiger partial charge in [0.2, 0.25) is 0 Å². The normalized spacial score (nSPS) is 13.6. The first-order chi connectivity index (χ1) is 15.4. The molecule has 1 N–H and O–H groups in total. The van der Waals surface area contributed by atoms with E-state index in [1.165, 1.54) is 103 Å². The molecular weight excluding hydrogens is 438 g/mol. The molecule has 1 atom stereocenters. The topological polar surface area (TPSA) is 39.7 Å². The highest BCUT2D eigenvalue weighted by molar-refractivity contribution is 6.64. The SMILES string of the molecule is CCCCCCCCCCCCCCCCCCNC(Cl)CC(C)(C)[Si](OC)(OC)OC. The fourth-order valence-electron chi connectivity index (χ4n) is 4.66. The molecule has 0 fully saturated rings. The summed E-state index contributed by atoms with van der Waals surface area (Å²) in [5.41, 5.74) is -0.103. The first kappa shape index (κ1) is 32.3. The van der Waals surface area contributed by atoms with Crippen LogP contribution in [0.5, 0.6) is 0 Å².